The molecule has 0 bridgehead atoms. The Morgan fingerprint density at radius 3 is 2.55 bits per heavy atom. The average Bonchev–Trinajstić information content (AvgIpc) is 2.83. The second-order valence-electron chi connectivity index (χ2n) is 5.15. The number of thiophene rings is 1. The number of hydrogen-bond donors (Lipinski definition) is 1. The van der Waals surface area contributed by atoms with Crippen LogP contribution in [0.15, 0.2) is 40.2 Å². The Hall–Kier alpha value is -0.840. The SMILES string of the molecule is CC(C)CNCc1ccc(OCc2sccc2Br)cc1. The Morgan fingerprint density at radius 2 is 1.95 bits per heavy atom. The van der Waals surface area contributed by atoms with E-state index in [1.54, 1.807) is 11.3 Å². The van der Waals surface area contributed by atoms with E-state index in [1.165, 1.54) is 10.4 Å². The monoisotopic (exact) mass is 353 g/mol. The summed E-state index contributed by atoms with van der Waals surface area (Å²) < 4.78 is 6.91. The van der Waals surface area contributed by atoms with Gasteiger partial charge in [-0.25, -0.2) is 0 Å². The van der Waals surface area contributed by atoms with Crippen molar-refractivity contribution in [1.82, 2.24) is 5.32 Å². The number of halogens is 1. The molecule has 108 valence electrons. The summed E-state index contributed by atoms with van der Waals surface area (Å²) in [5, 5.41) is 5.50. The van der Waals surface area contributed by atoms with Crippen molar-refractivity contribution in [2.45, 2.75) is 27.0 Å². The molecule has 0 aliphatic heterocycles. The van der Waals surface area contributed by atoms with Crippen LogP contribution in [0.25, 0.3) is 0 Å². The third-order valence-corrected chi connectivity index (χ3v) is 4.77. The normalized spacial score (nSPS) is 11.0. The van der Waals surface area contributed by atoms with Crippen molar-refractivity contribution < 1.29 is 4.74 Å². The quantitative estimate of drug-likeness (QED) is 0.769. The molecule has 4 heteroatoms. The summed E-state index contributed by atoms with van der Waals surface area (Å²) in [5.41, 5.74) is 1.29. The third kappa shape index (κ3) is 4.93. The van der Waals surface area contributed by atoms with Gasteiger partial charge in [0.25, 0.3) is 0 Å². The predicted molar refractivity (Wildman–Crippen MR) is 89.3 cm³/mol. The molecule has 0 unspecified atom stereocenters. The van der Waals surface area contributed by atoms with E-state index < -0.39 is 0 Å². The van der Waals surface area contributed by atoms with E-state index in [4.69, 9.17) is 4.74 Å². The summed E-state index contributed by atoms with van der Waals surface area (Å²) in [4.78, 5) is 1.22. The lowest BCUT2D eigenvalue weighted by Crippen LogP contribution is -2.18. The van der Waals surface area contributed by atoms with Crippen LogP contribution in [-0.4, -0.2) is 6.54 Å². The van der Waals surface area contributed by atoms with Gasteiger partial charge in [-0.05, 0) is 57.5 Å². The maximum absolute atomic E-state index is 5.79. The van der Waals surface area contributed by atoms with Crippen molar-refractivity contribution >= 4 is 27.3 Å². The van der Waals surface area contributed by atoms with Gasteiger partial charge in [0, 0.05) is 11.0 Å². The highest BCUT2D eigenvalue weighted by molar-refractivity contribution is 9.10. The van der Waals surface area contributed by atoms with E-state index >= 15 is 0 Å². The van der Waals surface area contributed by atoms with Gasteiger partial charge in [-0.3, -0.25) is 0 Å². The lowest BCUT2D eigenvalue weighted by atomic mass is 10.2. The smallest absolute Gasteiger partial charge is 0.124 e. The Balaban J connectivity index is 1.81. The highest BCUT2D eigenvalue weighted by atomic mass is 79.9. The minimum Gasteiger partial charge on any atom is -0.488 e. The van der Waals surface area contributed by atoms with E-state index in [2.05, 4.69) is 52.6 Å². The topological polar surface area (TPSA) is 21.3 Å². The summed E-state index contributed by atoms with van der Waals surface area (Å²) in [5.74, 6) is 1.60. The van der Waals surface area contributed by atoms with E-state index in [0.29, 0.717) is 12.5 Å². The van der Waals surface area contributed by atoms with Crippen LogP contribution < -0.4 is 10.1 Å². The zero-order chi connectivity index (χ0) is 14.4. The second kappa shape index (κ2) is 7.81. The first-order valence-corrected chi connectivity index (χ1v) is 8.46. The van der Waals surface area contributed by atoms with Crippen LogP contribution in [0.5, 0.6) is 5.75 Å². The molecule has 1 aromatic heterocycles. The molecule has 20 heavy (non-hydrogen) atoms. The number of nitrogens with one attached hydrogen (secondary N) is 1. The number of benzene rings is 1. The lowest BCUT2D eigenvalue weighted by molar-refractivity contribution is 0.309. The molecule has 0 spiro atoms. The van der Waals surface area contributed by atoms with Crippen molar-refractivity contribution in [1.29, 1.82) is 0 Å². The van der Waals surface area contributed by atoms with Crippen LogP contribution in [0.3, 0.4) is 0 Å². The van der Waals surface area contributed by atoms with E-state index in [0.717, 1.165) is 23.3 Å². The summed E-state index contributed by atoms with van der Waals surface area (Å²) in [6.07, 6.45) is 0. The van der Waals surface area contributed by atoms with Crippen LogP contribution in [0.1, 0.15) is 24.3 Å². The molecule has 1 N–H and O–H groups in total. The van der Waals surface area contributed by atoms with E-state index in [9.17, 15) is 0 Å². The summed E-state index contributed by atoms with van der Waals surface area (Å²) in [6, 6.07) is 10.4. The molecule has 2 nitrogen and oxygen atoms in total. The van der Waals surface area contributed by atoms with Crippen LogP contribution in [-0.2, 0) is 13.2 Å². The summed E-state index contributed by atoms with van der Waals surface area (Å²) >= 11 is 5.22. The fourth-order valence-corrected chi connectivity index (χ4v) is 3.16. The van der Waals surface area contributed by atoms with Crippen LogP contribution in [0.2, 0.25) is 0 Å². The van der Waals surface area contributed by atoms with Gasteiger partial charge in [0.2, 0.25) is 0 Å². The van der Waals surface area contributed by atoms with E-state index in [1.807, 2.05) is 18.2 Å². The molecular weight excluding hydrogens is 334 g/mol. The maximum atomic E-state index is 5.79. The van der Waals surface area contributed by atoms with Crippen LogP contribution >= 0.6 is 27.3 Å². The lowest BCUT2D eigenvalue weighted by Gasteiger charge is -2.09. The van der Waals surface area contributed by atoms with Crippen LogP contribution in [0.4, 0.5) is 0 Å². The number of ether oxygens (including phenoxy) is 1. The van der Waals surface area contributed by atoms with Gasteiger partial charge in [0.05, 0.1) is 4.88 Å². The summed E-state index contributed by atoms with van der Waals surface area (Å²) in [7, 11) is 0. The molecule has 0 amide bonds. The van der Waals surface area contributed by atoms with Gasteiger partial charge in [0.15, 0.2) is 0 Å². The molecule has 0 saturated carbocycles. The van der Waals surface area contributed by atoms with Gasteiger partial charge >= 0.3 is 0 Å². The molecule has 1 aromatic carbocycles. The molecule has 2 aromatic rings. The minimum absolute atomic E-state index is 0.614. The molecule has 1 heterocycles. The first kappa shape index (κ1) is 15.5. The molecule has 2 rings (SSSR count). The minimum atomic E-state index is 0.614. The molecule has 0 radical (unpaired) electrons. The zero-order valence-electron chi connectivity index (χ0n) is 11.9. The van der Waals surface area contributed by atoms with Gasteiger partial charge in [-0.15, -0.1) is 11.3 Å². The molecule has 0 aliphatic rings. The van der Waals surface area contributed by atoms with Gasteiger partial charge in [0.1, 0.15) is 12.4 Å². The second-order valence-corrected chi connectivity index (χ2v) is 7.00. The Kier molecular flexibility index (Phi) is 6.07. The zero-order valence-corrected chi connectivity index (χ0v) is 14.3. The van der Waals surface area contributed by atoms with Crippen molar-refractivity contribution in [2.24, 2.45) is 5.92 Å². The standard InChI is InChI=1S/C16H20BrNOS/c1-12(2)9-18-10-13-3-5-14(6-4-13)19-11-16-15(17)7-8-20-16/h3-8,12,18H,9-11H2,1-2H3. The Morgan fingerprint density at radius 1 is 1.20 bits per heavy atom. The molecule has 0 saturated heterocycles. The van der Waals surface area contributed by atoms with Gasteiger partial charge in [-0.2, -0.15) is 0 Å². The largest absolute Gasteiger partial charge is 0.488 e. The fourth-order valence-electron chi connectivity index (χ4n) is 1.79. The molecule has 0 atom stereocenters. The Labute approximate surface area is 133 Å². The first-order valence-electron chi connectivity index (χ1n) is 6.79. The van der Waals surface area contributed by atoms with Crippen molar-refractivity contribution in [3.05, 3.63) is 50.6 Å². The third-order valence-electron chi connectivity index (χ3n) is 2.87. The summed E-state index contributed by atoms with van der Waals surface area (Å²) in [6.45, 7) is 7.00. The molecule has 0 aliphatic carbocycles. The van der Waals surface area contributed by atoms with Crippen molar-refractivity contribution in [3.63, 3.8) is 0 Å². The molecular formula is C16H20BrNOS. The highest BCUT2D eigenvalue weighted by Crippen LogP contribution is 2.24. The molecule has 0 fully saturated rings. The van der Waals surface area contributed by atoms with Crippen molar-refractivity contribution in [2.75, 3.05) is 6.54 Å². The number of hydrogen-bond acceptors (Lipinski definition) is 3. The fraction of sp³-hybridized carbons (Fsp3) is 0.375. The first-order chi connectivity index (χ1) is 9.65. The number of rotatable bonds is 7. The van der Waals surface area contributed by atoms with Gasteiger partial charge in [-0.1, -0.05) is 26.0 Å². The van der Waals surface area contributed by atoms with Gasteiger partial charge < -0.3 is 10.1 Å². The highest BCUT2D eigenvalue weighted by Gasteiger charge is 2.02. The average molecular weight is 354 g/mol. The maximum Gasteiger partial charge on any atom is 0.124 e. The Bertz CT molecular complexity index is 522. The van der Waals surface area contributed by atoms with Crippen LogP contribution in [0, 0.1) is 5.92 Å². The predicted octanol–water partition coefficient (Wildman–Crippen LogP) is 4.84. The van der Waals surface area contributed by atoms with E-state index in [-0.39, 0.29) is 0 Å². The van der Waals surface area contributed by atoms with Crippen molar-refractivity contribution in [3.8, 4) is 5.75 Å².